The van der Waals surface area contributed by atoms with E-state index in [-0.39, 0.29) is 17.3 Å². The molecule has 172 valence electrons. The maximum absolute atomic E-state index is 13.3. The van der Waals surface area contributed by atoms with Gasteiger partial charge in [0.25, 0.3) is 11.8 Å². The van der Waals surface area contributed by atoms with E-state index in [4.69, 9.17) is 5.41 Å². The molecule has 1 aliphatic heterocycles. The summed E-state index contributed by atoms with van der Waals surface area (Å²) in [5.74, 6) is -0.505. The van der Waals surface area contributed by atoms with Gasteiger partial charge in [-0.1, -0.05) is 0 Å². The Balaban J connectivity index is 1.56. The highest BCUT2D eigenvalue weighted by atomic mass is 16.2. The number of aliphatic imine (C=N–C) groups is 1. The molecule has 3 heterocycles. The number of nitrogens with zero attached hydrogens (tertiary/aromatic N) is 5. The highest BCUT2D eigenvalue weighted by Crippen LogP contribution is 2.39. The average Bonchev–Trinajstić information content (AvgIpc) is 3.70. The normalized spacial score (nSPS) is 16.9. The minimum atomic E-state index is -0.948. The summed E-state index contributed by atoms with van der Waals surface area (Å²) in [5, 5.41) is 14.4. The van der Waals surface area contributed by atoms with E-state index in [0.717, 1.165) is 37.8 Å². The van der Waals surface area contributed by atoms with Crippen molar-refractivity contribution in [3.8, 4) is 0 Å². The number of hydrogen-bond donors (Lipinski definition) is 3. The fourth-order valence-electron chi connectivity index (χ4n) is 3.82. The lowest BCUT2D eigenvalue weighted by Gasteiger charge is -2.28. The molecular weight excluding hydrogens is 420 g/mol. The van der Waals surface area contributed by atoms with E-state index in [0.29, 0.717) is 30.4 Å². The van der Waals surface area contributed by atoms with E-state index in [9.17, 15) is 9.59 Å². The predicted octanol–water partition coefficient (Wildman–Crippen LogP) is 2.32. The van der Waals surface area contributed by atoms with E-state index < -0.39 is 11.9 Å². The summed E-state index contributed by atoms with van der Waals surface area (Å²) in [4.78, 5) is 44.4. The SMILES string of the molecule is CN=CC(NC(=O)c1nc(C2CC2)ccc1Nc1cncnc1)C(=N)C(=O)N1CCCCC1. The monoisotopic (exact) mass is 448 g/mol. The molecule has 2 amide bonds. The smallest absolute Gasteiger partial charge is 0.272 e. The molecule has 1 saturated carbocycles. The van der Waals surface area contributed by atoms with Gasteiger partial charge in [0.15, 0.2) is 5.69 Å². The standard InChI is InChI=1S/C23H28N8O2/c1-25-13-19(20(24)23(33)31-9-3-2-4-10-31)30-22(32)21-18(28-16-11-26-14-27-12-16)8-7-17(29-21)15-5-6-15/h7-8,11-15,19,24,28H,2-6,9-10H2,1H3,(H,30,32). The van der Waals surface area contributed by atoms with Crippen LogP contribution in [0.2, 0.25) is 0 Å². The van der Waals surface area contributed by atoms with Crippen LogP contribution in [0.3, 0.4) is 0 Å². The number of nitrogens with one attached hydrogen (secondary N) is 3. The second kappa shape index (κ2) is 10.3. The maximum atomic E-state index is 13.3. The van der Waals surface area contributed by atoms with Crippen LogP contribution in [-0.4, -0.2) is 69.8 Å². The Morgan fingerprint density at radius 1 is 1.18 bits per heavy atom. The molecule has 3 N–H and O–H groups in total. The molecule has 2 fully saturated rings. The molecule has 0 spiro atoms. The molecule has 2 aromatic rings. The lowest BCUT2D eigenvalue weighted by Crippen LogP contribution is -2.50. The molecule has 2 aliphatic rings. The van der Waals surface area contributed by atoms with Gasteiger partial charge in [-0.2, -0.15) is 0 Å². The van der Waals surface area contributed by atoms with E-state index >= 15 is 0 Å². The number of aromatic nitrogens is 3. The van der Waals surface area contributed by atoms with Crippen molar-refractivity contribution in [2.75, 3.05) is 25.5 Å². The van der Waals surface area contributed by atoms with Crippen molar-refractivity contribution < 1.29 is 9.59 Å². The first-order valence-corrected chi connectivity index (χ1v) is 11.2. The zero-order chi connectivity index (χ0) is 23.2. The third-order valence-electron chi connectivity index (χ3n) is 5.74. The number of carbonyl (C=O) groups is 2. The third-order valence-corrected chi connectivity index (χ3v) is 5.74. The summed E-state index contributed by atoms with van der Waals surface area (Å²) >= 11 is 0. The van der Waals surface area contributed by atoms with E-state index in [1.165, 1.54) is 12.5 Å². The Bertz CT molecular complexity index is 1050. The average molecular weight is 449 g/mol. The van der Waals surface area contributed by atoms with Gasteiger partial charge in [-0.05, 0) is 44.2 Å². The van der Waals surface area contributed by atoms with Crippen LogP contribution in [0.15, 0.2) is 35.8 Å². The molecule has 1 aliphatic carbocycles. The van der Waals surface area contributed by atoms with Crippen LogP contribution in [0.25, 0.3) is 0 Å². The summed E-state index contributed by atoms with van der Waals surface area (Å²) in [6.45, 7) is 1.26. The van der Waals surface area contributed by atoms with E-state index in [1.54, 1.807) is 24.3 Å². The Morgan fingerprint density at radius 2 is 1.91 bits per heavy atom. The van der Waals surface area contributed by atoms with Gasteiger partial charge in [0.05, 0.1) is 23.8 Å². The van der Waals surface area contributed by atoms with Crippen molar-refractivity contribution >= 4 is 35.1 Å². The van der Waals surface area contributed by atoms with Gasteiger partial charge in [0.2, 0.25) is 0 Å². The second-order valence-corrected chi connectivity index (χ2v) is 8.28. The highest BCUT2D eigenvalue weighted by Gasteiger charge is 2.30. The number of carbonyl (C=O) groups excluding carboxylic acids is 2. The lowest BCUT2D eigenvalue weighted by molar-refractivity contribution is -0.125. The largest absolute Gasteiger partial charge is 0.351 e. The van der Waals surface area contributed by atoms with E-state index in [2.05, 4.69) is 30.6 Å². The van der Waals surface area contributed by atoms with Gasteiger partial charge in [0.1, 0.15) is 18.1 Å². The number of likely N-dealkylation sites (tertiary alicyclic amines) is 1. The maximum Gasteiger partial charge on any atom is 0.272 e. The van der Waals surface area contributed by atoms with Crippen molar-refractivity contribution in [3.05, 3.63) is 42.2 Å². The lowest BCUT2D eigenvalue weighted by atomic mass is 10.1. The van der Waals surface area contributed by atoms with Crippen molar-refractivity contribution in [3.63, 3.8) is 0 Å². The van der Waals surface area contributed by atoms with E-state index in [1.807, 2.05) is 12.1 Å². The first kappa shape index (κ1) is 22.5. The minimum absolute atomic E-state index is 0.191. The molecule has 2 aromatic heterocycles. The molecule has 0 aromatic carbocycles. The molecular formula is C23H28N8O2. The van der Waals surface area contributed by atoms with Gasteiger partial charge in [-0.3, -0.25) is 20.0 Å². The summed E-state index contributed by atoms with van der Waals surface area (Å²) in [6, 6.07) is 2.78. The molecule has 10 heteroatoms. The van der Waals surface area contributed by atoms with Crippen LogP contribution in [-0.2, 0) is 4.79 Å². The van der Waals surface area contributed by atoms with Crippen LogP contribution in [0.4, 0.5) is 11.4 Å². The predicted molar refractivity (Wildman–Crippen MR) is 125 cm³/mol. The van der Waals surface area contributed by atoms with Crippen LogP contribution in [0.1, 0.15) is 54.2 Å². The molecule has 1 saturated heterocycles. The number of rotatable bonds is 8. The number of amides is 2. The van der Waals surface area contributed by atoms with Crippen molar-refractivity contribution in [1.29, 1.82) is 5.41 Å². The van der Waals surface area contributed by atoms with Gasteiger partial charge < -0.3 is 15.5 Å². The molecule has 10 nitrogen and oxygen atoms in total. The minimum Gasteiger partial charge on any atom is -0.351 e. The zero-order valence-corrected chi connectivity index (χ0v) is 18.6. The molecule has 0 bridgehead atoms. The van der Waals surface area contributed by atoms with Gasteiger partial charge in [-0.15, -0.1) is 0 Å². The Hall–Kier alpha value is -3.69. The van der Waals surface area contributed by atoms with Gasteiger partial charge >= 0.3 is 0 Å². The second-order valence-electron chi connectivity index (χ2n) is 8.28. The Labute approximate surface area is 192 Å². The zero-order valence-electron chi connectivity index (χ0n) is 18.6. The number of hydrogen-bond acceptors (Lipinski definition) is 8. The Kier molecular flexibility index (Phi) is 7.01. The first-order chi connectivity index (χ1) is 16.1. The first-order valence-electron chi connectivity index (χ1n) is 11.2. The molecule has 0 radical (unpaired) electrons. The van der Waals surface area contributed by atoms with Crippen LogP contribution >= 0.6 is 0 Å². The van der Waals surface area contributed by atoms with Gasteiger partial charge in [-0.25, -0.2) is 15.0 Å². The topological polar surface area (TPSA) is 136 Å². The molecule has 33 heavy (non-hydrogen) atoms. The Morgan fingerprint density at radius 3 is 2.58 bits per heavy atom. The number of anilines is 2. The fourth-order valence-corrected chi connectivity index (χ4v) is 3.82. The summed E-state index contributed by atoms with van der Waals surface area (Å²) < 4.78 is 0. The third kappa shape index (κ3) is 5.57. The van der Waals surface area contributed by atoms with Crippen molar-refractivity contribution in [1.82, 2.24) is 25.2 Å². The highest BCUT2D eigenvalue weighted by molar-refractivity contribution is 6.42. The quantitative estimate of drug-likeness (QED) is 0.530. The summed E-state index contributed by atoms with van der Waals surface area (Å²) in [6.07, 6.45) is 11.1. The molecule has 1 unspecified atom stereocenters. The van der Waals surface area contributed by atoms with Crippen molar-refractivity contribution in [2.45, 2.75) is 44.1 Å². The number of piperidine rings is 1. The van der Waals surface area contributed by atoms with Crippen LogP contribution < -0.4 is 10.6 Å². The molecule has 4 rings (SSSR count). The van der Waals surface area contributed by atoms with Crippen LogP contribution in [0, 0.1) is 5.41 Å². The van der Waals surface area contributed by atoms with Gasteiger partial charge in [0, 0.05) is 38.0 Å². The van der Waals surface area contributed by atoms with Crippen molar-refractivity contribution in [2.24, 2.45) is 4.99 Å². The number of pyridine rings is 1. The summed E-state index contributed by atoms with van der Waals surface area (Å²) in [5.41, 5.74) is 1.95. The van der Waals surface area contributed by atoms with Crippen LogP contribution in [0.5, 0.6) is 0 Å². The summed E-state index contributed by atoms with van der Waals surface area (Å²) in [7, 11) is 1.55. The fraction of sp³-hybridized carbons (Fsp3) is 0.435. The molecule has 1 atom stereocenters.